The van der Waals surface area contributed by atoms with E-state index >= 15 is 0 Å². The Morgan fingerprint density at radius 3 is 0.915 bits per heavy atom. The fourth-order valence-electron chi connectivity index (χ4n) is 17.1. The lowest BCUT2D eigenvalue weighted by Crippen LogP contribution is -1.95. The van der Waals surface area contributed by atoms with Crippen LogP contribution in [0.5, 0.6) is 0 Å². The van der Waals surface area contributed by atoms with Crippen molar-refractivity contribution in [2.75, 3.05) is 0 Å². The van der Waals surface area contributed by atoms with Gasteiger partial charge >= 0.3 is 0 Å². The van der Waals surface area contributed by atoms with E-state index in [0.29, 0.717) is 0 Å². The molecule has 0 atom stereocenters. The Balaban J connectivity index is 0.000000150. The maximum atomic E-state index is 6.36. The number of furan rings is 1. The molecule has 0 amide bonds. The molecule has 0 aliphatic rings. The van der Waals surface area contributed by atoms with E-state index in [9.17, 15) is 0 Å². The molecule has 4 heterocycles. The standard InChI is InChI=1S/C63H42N2.C51H33NO/c1-3-13-43(14-4-1)44-25-27-45(28-26-44)46-31-37-51(38-32-46)60-41-53(47-29-33-49(34-30-47)56-21-11-16-48-15-7-8-19-55(48)56)42-61(64-60)52-39-35-50(36-40-52)57-22-12-23-59-58-20-9-10-24-62(58)65(63(57)59)54-17-5-2-6-18-54;1-2-10-34(11-3-1)35-22-28-40(29-23-35)48-32-42(36-20-24-38(25-21-36)44-16-8-13-37-12-4-5-14-43(37)44)33-49(52-48)41-30-26-39(27-31-41)45-17-9-18-47-46-15-6-7-19-50(46)53-51(45)47/h1-42H;1-33H. The van der Waals surface area contributed by atoms with Crippen molar-refractivity contribution in [1.82, 2.24) is 14.5 Å². The Morgan fingerprint density at radius 2 is 0.466 bits per heavy atom. The number of pyridine rings is 2. The van der Waals surface area contributed by atoms with Gasteiger partial charge in [-0.05, 0) is 159 Å². The molecular weight excluding hydrogens is 1430 g/mol. The van der Waals surface area contributed by atoms with Gasteiger partial charge in [-0.15, -0.1) is 0 Å². The van der Waals surface area contributed by atoms with Gasteiger partial charge < -0.3 is 8.98 Å². The van der Waals surface area contributed by atoms with Crippen LogP contribution in [-0.4, -0.2) is 14.5 Å². The van der Waals surface area contributed by atoms with E-state index in [4.69, 9.17) is 14.4 Å². The van der Waals surface area contributed by atoms with Crippen molar-refractivity contribution in [1.29, 1.82) is 0 Å². The van der Waals surface area contributed by atoms with Crippen LogP contribution in [0.1, 0.15) is 0 Å². The Morgan fingerprint density at radius 1 is 0.178 bits per heavy atom. The van der Waals surface area contributed by atoms with Gasteiger partial charge in [0.2, 0.25) is 0 Å². The lowest BCUT2D eigenvalue weighted by Gasteiger charge is -2.13. The minimum Gasteiger partial charge on any atom is -0.455 e. The maximum absolute atomic E-state index is 6.36. The highest BCUT2D eigenvalue weighted by Crippen LogP contribution is 2.43. The molecule has 18 aromatic carbocycles. The molecule has 0 aliphatic carbocycles. The van der Waals surface area contributed by atoms with Gasteiger partial charge in [0.25, 0.3) is 0 Å². The van der Waals surface area contributed by atoms with Gasteiger partial charge in [-0.2, -0.15) is 0 Å². The summed E-state index contributed by atoms with van der Waals surface area (Å²) in [5.41, 5.74) is 34.5. The van der Waals surface area contributed by atoms with Crippen LogP contribution in [0.15, 0.2) is 459 Å². The number of fused-ring (bicyclic) bond motifs is 8. The van der Waals surface area contributed by atoms with Crippen molar-refractivity contribution >= 4 is 65.3 Å². The molecule has 0 saturated heterocycles. The third-order valence-corrected chi connectivity index (χ3v) is 23.2. The Bertz CT molecular complexity index is 7430. The third-order valence-electron chi connectivity index (χ3n) is 23.2. The van der Waals surface area contributed by atoms with E-state index in [-0.39, 0.29) is 0 Å². The van der Waals surface area contributed by atoms with E-state index < -0.39 is 0 Å². The largest absolute Gasteiger partial charge is 0.455 e. The SMILES string of the molecule is c1ccc(-c2ccc(-c3cc(-c4ccc(-c5cccc6ccccc56)cc4)cc(-c4ccc(-c5cccc6c5oc5ccccc56)cc4)n3)cc2)cc1.c1ccc(-c2ccc(-c3ccc(-c4cc(-c5ccc(-c6cccc7ccccc67)cc5)cc(-c5ccc(-c6cccc7c8ccccc8n(-c8ccccc8)c67)cc5)n4)cc3)cc2)cc1. The van der Waals surface area contributed by atoms with Gasteiger partial charge in [0.1, 0.15) is 11.2 Å². The monoisotopic (exact) mass is 1500 g/mol. The van der Waals surface area contributed by atoms with Crippen LogP contribution in [0.25, 0.3) is 216 Å². The average molecular weight is 1500 g/mol. The molecule has 4 heteroatoms. The zero-order valence-electron chi connectivity index (χ0n) is 64.6. The van der Waals surface area contributed by atoms with Crippen molar-refractivity contribution in [2.24, 2.45) is 0 Å². The smallest absolute Gasteiger partial charge is 0.143 e. The minimum absolute atomic E-state index is 0.905. The zero-order chi connectivity index (χ0) is 78.2. The number of para-hydroxylation sites is 5. The number of benzene rings is 18. The summed E-state index contributed by atoms with van der Waals surface area (Å²) < 4.78 is 8.77. The fraction of sp³-hybridized carbons (Fsp3) is 0. The number of rotatable bonds is 14. The normalized spacial score (nSPS) is 11.4. The van der Waals surface area contributed by atoms with Crippen LogP contribution in [0.2, 0.25) is 0 Å². The van der Waals surface area contributed by atoms with Crippen molar-refractivity contribution in [2.45, 2.75) is 0 Å². The lowest BCUT2D eigenvalue weighted by molar-refractivity contribution is 0.670. The molecule has 0 saturated carbocycles. The number of hydrogen-bond donors (Lipinski definition) is 0. The second-order valence-electron chi connectivity index (χ2n) is 30.2. The molecule has 0 unspecified atom stereocenters. The van der Waals surface area contributed by atoms with Crippen molar-refractivity contribution < 1.29 is 4.42 Å². The summed E-state index contributed by atoms with van der Waals surface area (Å²) in [4.78, 5) is 10.6. The molecule has 0 bridgehead atoms. The van der Waals surface area contributed by atoms with Gasteiger partial charge in [0, 0.05) is 60.6 Å². The summed E-state index contributed by atoms with van der Waals surface area (Å²) >= 11 is 0. The first-order chi connectivity index (χ1) is 58.5. The number of nitrogens with zero attached hydrogens (tertiary/aromatic N) is 3. The average Bonchev–Trinajstić information content (AvgIpc) is 1.58. The van der Waals surface area contributed by atoms with E-state index in [1.807, 2.05) is 12.1 Å². The first-order valence-corrected chi connectivity index (χ1v) is 40.3. The molecule has 0 N–H and O–H groups in total. The second-order valence-corrected chi connectivity index (χ2v) is 30.2. The zero-order valence-corrected chi connectivity index (χ0v) is 64.6. The first kappa shape index (κ1) is 70.3. The molecular formula is C114H75N3O. The molecule has 4 aromatic heterocycles. The first-order valence-electron chi connectivity index (χ1n) is 40.3. The third kappa shape index (κ3) is 13.6. The Kier molecular flexibility index (Phi) is 18.3. The number of hydrogen-bond acceptors (Lipinski definition) is 3. The fourth-order valence-corrected chi connectivity index (χ4v) is 17.1. The van der Waals surface area contributed by atoms with Gasteiger partial charge in [0.15, 0.2) is 0 Å². The van der Waals surface area contributed by atoms with Crippen molar-refractivity contribution in [3.63, 3.8) is 0 Å². The van der Waals surface area contributed by atoms with Gasteiger partial charge in [-0.25, -0.2) is 9.97 Å². The molecule has 0 aliphatic heterocycles. The predicted octanol–water partition coefficient (Wildman–Crippen LogP) is 31.1. The molecule has 4 nitrogen and oxygen atoms in total. The van der Waals surface area contributed by atoms with Crippen LogP contribution >= 0.6 is 0 Å². The molecule has 552 valence electrons. The van der Waals surface area contributed by atoms with E-state index in [1.54, 1.807) is 0 Å². The molecule has 0 radical (unpaired) electrons. The van der Waals surface area contributed by atoms with Crippen LogP contribution < -0.4 is 0 Å². The van der Waals surface area contributed by atoms with Gasteiger partial charge in [-0.1, -0.05) is 406 Å². The van der Waals surface area contributed by atoms with Crippen LogP contribution in [0.4, 0.5) is 0 Å². The quantitative estimate of drug-likeness (QED) is 0.109. The van der Waals surface area contributed by atoms with E-state index in [2.05, 4.69) is 447 Å². The highest BCUT2D eigenvalue weighted by atomic mass is 16.3. The van der Waals surface area contributed by atoms with Crippen molar-refractivity contribution in [3.05, 3.63) is 455 Å². The number of aromatic nitrogens is 3. The molecule has 22 aromatic rings. The summed E-state index contributed by atoms with van der Waals surface area (Å²) in [6.45, 7) is 0. The van der Waals surface area contributed by atoms with Gasteiger partial charge in [-0.3, -0.25) is 0 Å². The van der Waals surface area contributed by atoms with E-state index in [0.717, 1.165) is 112 Å². The molecule has 0 fully saturated rings. The molecule has 0 spiro atoms. The summed E-state index contributed by atoms with van der Waals surface area (Å²) in [5.74, 6) is 0. The van der Waals surface area contributed by atoms with Crippen LogP contribution in [0, 0.1) is 0 Å². The van der Waals surface area contributed by atoms with E-state index in [1.165, 1.54) is 105 Å². The van der Waals surface area contributed by atoms with Crippen LogP contribution in [0.3, 0.4) is 0 Å². The van der Waals surface area contributed by atoms with Crippen LogP contribution in [-0.2, 0) is 0 Å². The highest BCUT2D eigenvalue weighted by molar-refractivity contribution is 6.14. The molecule has 22 rings (SSSR count). The summed E-state index contributed by atoms with van der Waals surface area (Å²) in [5, 5.41) is 9.76. The van der Waals surface area contributed by atoms with Gasteiger partial charge in [0.05, 0.1) is 33.8 Å². The Hall–Kier alpha value is -15.6. The predicted molar refractivity (Wildman–Crippen MR) is 496 cm³/mol. The lowest BCUT2D eigenvalue weighted by atomic mass is 9.94. The minimum atomic E-state index is 0.905. The summed E-state index contributed by atoms with van der Waals surface area (Å²) in [7, 11) is 0. The summed E-state index contributed by atoms with van der Waals surface area (Å²) in [6, 6.07) is 163. The second kappa shape index (κ2) is 30.7. The summed E-state index contributed by atoms with van der Waals surface area (Å²) in [6.07, 6.45) is 0. The molecule has 118 heavy (non-hydrogen) atoms. The van der Waals surface area contributed by atoms with Crippen molar-refractivity contribution in [3.8, 4) is 151 Å². The Labute approximate surface area is 685 Å². The topological polar surface area (TPSA) is 43.9 Å². The maximum Gasteiger partial charge on any atom is 0.143 e. The highest BCUT2D eigenvalue weighted by Gasteiger charge is 2.20.